The van der Waals surface area contributed by atoms with Crippen molar-refractivity contribution in [1.29, 1.82) is 0 Å². The van der Waals surface area contributed by atoms with E-state index in [0.717, 1.165) is 6.42 Å². The Balaban J connectivity index is 2.79. The quantitative estimate of drug-likeness (QED) is 0.443. The van der Waals surface area contributed by atoms with Crippen LogP contribution in [0.25, 0.3) is 0 Å². The van der Waals surface area contributed by atoms with Gasteiger partial charge in [-0.2, -0.15) is 0 Å². The minimum absolute atomic E-state index is 1.09. The van der Waals surface area contributed by atoms with Gasteiger partial charge in [0.05, 0.1) is 0 Å². The third-order valence-electron chi connectivity index (χ3n) is 1.09. The molecule has 1 heteroatoms. The molecule has 1 rings (SSSR count). The number of hydrogen-bond donors (Lipinski definition) is 0. The minimum atomic E-state index is 1.09. The fraction of sp³-hybridized carbons (Fsp3) is 0.333. The van der Waals surface area contributed by atoms with Gasteiger partial charge in [0.15, 0.2) is 0 Å². The molecule has 0 spiro atoms. The van der Waals surface area contributed by atoms with Crippen LogP contribution in [-0.2, 0) is 16.0 Å². The molecule has 0 aromatic carbocycles. The van der Waals surface area contributed by atoms with E-state index in [4.69, 9.17) is 0 Å². The van der Waals surface area contributed by atoms with Gasteiger partial charge >= 0.3 is 51.6 Å². The molecule has 0 N–H and O–H groups in total. The van der Waals surface area contributed by atoms with Gasteiger partial charge in [0.2, 0.25) is 0 Å². The maximum atomic E-state index is 3.42. The molecule has 0 fully saturated rings. The average molecular weight is 134 g/mol. The molecule has 0 saturated heterocycles. The van der Waals surface area contributed by atoms with Crippen molar-refractivity contribution in [2.45, 2.75) is 13.3 Å². The van der Waals surface area contributed by atoms with Crippen LogP contribution >= 0.6 is 0 Å². The van der Waals surface area contributed by atoms with Gasteiger partial charge in [-0.25, -0.2) is 0 Å². The van der Waals surface area contributed by atoms with Crippen LogP contribution in [0.4, 0.5) is 0 Å². The van der Waals surface area contributed by atoms with Crippen LogP contribution in [0, 0.1) is 0 Å². The summed E-state index contributed by atoms with van der Waals surface area (Å²) in [4.78, 5) is 0. The van der Waals surface area contributed by atoms with Crippen molar-refractivity contribution >= 4 is 0 Å². The monoisotopic (exact) mass is 134 g/mol. The van der Waals surface area contributed by atoms with Crippen molar-refractivity contribution in [2.75, 3.05) is 0 Å². The van der Waals surface area contributed by atoms with E-state index in [1.165, 1.54) is 10.0 Å². The van der Waals surface area contributed by atoms with E-state index >= 15 is 0 Å². The van der Waals surface area contributed by atoms with Crippen molar-refractivity contribution in [3.8, 4) is 0 Å². The number of allylic oxidation sites excluding steroid dienone is 4. The van der Waals surface area contributed by atoms with Crippen LogP contribution in [0.3, 0.4) is 0 Å². The fourth-order valence-electron chi connectivity index (χ4n) is 0.591. The van der Waals surface area contributed by atoms with Gasteiger partial charge in [-0.15, -0.1) is 0 Å². The van der Waals surface area contributed by atoms with Crippen LogP contribution in [0.2, 0.25) is 0 Å². The van der Waals surface area contributed by atoms with E-state index < -0.39 is 0 Å². The summed E-state index contributed by atoms with van der Waals surface area (Å²) >= 11 is 3.42. The predicted molar refractivity (Wildman–Crippen MR) is 26.5 cm³/mol. The number of hydrogen-bond acceptors (Lipinski definition) is 0. The van der Waals surface area contributed by atoms with Crippen molar-refractivity contribution in [1.82, 2.24) is 0 Å². The Bertz CT molecular complexity index is 131. The van der Waals surface area contributed by atoms with Crippen LogP contribution in [0.5, 0.6) is 0 Å². The molecule has 0 bridgehead atoms. The zero-order chi connectivity index (χ0) is 5.28. The second-order valence-electron chi connectivity index (χ2n) is 1.69. The van der Waals surface area contributed by atoms with Gasteiger partial charge in [-0.1, -0.05) is 0 Å². The Labute approximate surface area is 52.1 Å². The number of rotatable bonds is 0. The summed E-state index contributed by atoms with van der Waals surface area (Å²) in [6, 6.07) is 0. The first kappa shape index (κ1) is 5.14. The molecular weight excluding hydrogens is 127 g/mol. The van der Waals surface area contributed by atoms with Crippen LogP contribution < -0.4 is 0 Å². The molecule has 0 amide bonds. The van der Waals surface area contributed by atoms with Crippen molar-refractivity contribution < 1.29 is 16.0 Å². The van der Waals surface area contributed by atoms with Crippen molar-refractivity contribution in [3.05, 3.63) is 22.2 Å². The Morgan fingerprint density at radius 1 is 1.71 bits per heavy atom. The summed E-state index contributed by atoms with van der Waals surface area (Å²) in [5, 5.41) is 0. The van der Waals surface area contributed by atoms with E-state index in [2.05, 4.69) is 35.1 Å². The van der Waals surface area contributed by atoms with Gasteiger partial charge in [-0.05, 0) is 0 Å². The Morgan fingerprint density at radius 2 is 2.43 bits per heavy atom. The van der Waals surface area contributed by atoms with Crippen molar-refractivity contribution in [3.63, 3.8) is 0 Å². The summed E-state index contributed by atoms with van der Waals surface area (Å²) in [5.41, 5.74) is 1.36. The third kappa shape index (κ3) is 0.960. The molecule has 0 aromatic rings. The Kier molecular flexibility index (Phi) is 1.36. The summed E-state index contributed by atoms with van der Waals surface area (Å²) in [6.07, 6.45) is 5.37. The average Bonchev–Trinajstić information content (AvgIpc) is 1.91. The molecule has 0 atom stereocenters. The topological polar surface area (TPSA) is 0 Å². The molecule has 0 saturated carbocycles. The zero-order valence-corrected chi connectivity index (χ0v) is 5.42. The van der Waals surface area contributed by atoms with E-state index in [9.17, 15) is 0 Å². The van der Waals surface area contributed by atoms with Gasteiger partial charge in [-0.3, -0.25) is 0 Å². The molecule has 0 heterocycles. The molecule has 0 aliphatic heterocycles. The van der Waals surface area contributed by atoms with E-state index in [-0.39, 0.29) is 0 Å². The van der Waals surface area contributed by atoms with Crippen LogP contribution in [0.15, 0.2) is 22.2 Å². The summed E-state index contributed by atoms with van der Waals surface area (Å²) in [7, 11) is 0. The predicted octanol–water partition coefficient (Wildman–Crippen LogP) is 1.77. The van der Waals surface area contributed by atoms with Gasteiger partial charge in [0, 0.05) is 0 Å². The Hall–Kier alpha value is -0.000519. The van der Waals surface area contributed by atoms with Gasteiger partial charge < -0.3 is 0 Å². The molecule has 1 aliphatic rings. The molecule has 38 valence electrons. The second-order valence-corrected chi connectivity index (χ2v) is 2.41. The van der Waals surface area contributed by atoms with E-state index in [0.29, 0.717) is 0 Å². The second kappa shape index (κ2) is 1.85. The van der Waals surface area contributed by atoms with Gasteiger partial charge in [0.1, 0.15) is 0 Å². The van der Waals surface area contributed by atoms with E-state index in [1.807, 2.05) is 0 Å². The molecule has 0 nitrogen and oxygen atoms in total. The fourth-order valence-corrected chi connectivity index (χ4v) is 0.828. The molecule has 0 aromatic heterocycles. The molecule has 0 unspecified atom stereocenters. The molecule has 0 radical (unpaired) electrons. The van der Waals surface area contributed by atoms with E-state index in [1.54, 1.807) is 0 Å². The Morgan fingerprint density at radius 3 is 2.57 bits per heavy atom. The third-order valence-corrected chi connectivity index (χ3v) is 1.80. The summed E-state index contributed by atoms with van der Waals surface area (Å²) < 4.78 is 1.33. The van der Waals surface area contributed by atoms with Crippen molar-refractivity contribution in [2.24, 2.45) is 0 Å². The van der Waals surface area contributed by atoms with Crippen LogP contribution in [-0.4, -0.2) is 0 Å². The van der Waals surface area contributed by atoms with Crippen LogP contribution in [0.1, 0.15) is 13.3 Å². The standard InChI is InChI=1S/C6H7.Mn/c1-6-4-2-3-5-6;/h2,4H,3H2,1H3;. The normalized spacial score (nSPS) is 19.1. The molecule has 1 aliphatic carbocycles. The first-order chi connectivity index (χ1) is 3.30. The summed E-state index contributed by atoms with van der Waals surface area (Å²) in [5.74, 6) is 0. The molecule has 7 heavy (non-hydrogen) atoms. The maximum absolute atomic E-state index is 3.42. The SMILES string of the molecule is CC1=[C]([Mn])CC=C1. The summed E-state index contributed by atoms with van der Waals surface area (Å²) in [6.45, 7) is 2.10. The zero-order valence-electron chi connectivity index (χ0n) is 4.24. The molecular formula is C6H7Mn. The van der Waals surface area contributed by atoms with Gasteiger partial charge in [0.25, 0.3) is 0 Å². The first-order valence-electron chi connectivity index (χ1n) is 2.32. The first-order valence-corrected chi connectivity index (χ1v) is 2.91.